The summed E-state index contributed by atoms with van der Waals surface area (Å²) in [6, 6.07) is 4.90. The standard InChI is InChI=1S/C27H36N4O13/c1-5-30-14-9-16(15(8-13(14)24(36)37)42-11-31-27(28)29-2)43-26-23(35)22(34)21(33)19(44-26)10-41-25(38)12-6-17(39-3)20(32)18(7-12)40-4/h6-9,19,21-23,26,30,32-35H,5,10-11H2,1-4H3,(H,36,37)(H3,28,29,31)/t19-,21-,22+,23-,26+/m1/s1. The number of rotatable bonds is 13. The molecular formula is C27H36N4O13. The second-order valence-corrected chi connectivity index (χ2v) is 9.21. The maximum atomic E-state index is 12.8. The van der Waals surface area contributed by atoms with Gasteiger partial charge in [0.2, 0.25) is 12.0 Å². The first-order valence-electron chi connectivity index (χ1n) is 13.2. The van der Waals surface area contributed by atoms with Gasteiger partial charge in [0, 0.05) is 25.7 Å². The Balaban J connectivity index is 1.84. The van der Waals surface area contributed by atoms with Crippen LogP contribution in [-0.2, 0) is 9.47 Å². The van der Waals surface area contributed by atoms with Gasteiger partial charge in [0.05, 0.1) is 31.0 Å². The first kappa shape index (κ1) is 33.8. The van der Waals surface area contributed by atoms with Crippen LogP contribution in [0.2, 0.25) is 0 Å². The van der Waals surface area contributed by atoms with Crippen LogP contribution >= 0.6 is 0 Å². The monoisotopic (exact) mass is 624 g/mol. The molecule has 0 saturated carbocycles. The molecule has 1 heterocycles. The number of aliphatic imine (C=N–C) groups is 1. The van der Waals surface area contributed by atoms with Crippen molar-refractivity contribution in [3.8, 4) is 28.7 Å². The third kappa shape index (κ3) is 7.81. The van der Waals surface area contributed by atoms with Gasteiger partial charge >= 0.3 is 11.9 Å². The summed E-state index contributed by atoms with van der Waals surface area (Å²) in [6.07, 6.45) is -8.33. The third-order valence-electron chi connectivity index (χ3n) is 6.41. The second-order valence-electron chi connectivity index (χ2n) is 9.21. The van der Waals surface area contributed by atoms with Gasteiger partial charge in [-0.15, -0.1) is 0 Å². The number of hydrogen-bond acceptors (Lipinski definition) is 14. The molecule has 0 aromatic heterocycles. The summed E-state index contributed by atoms with van der Waals surface area (Å²) in [7, 11) is 4.00. The Labute approximate surface area is 251 Å². The number of phenols is 1. The fourth-order valence-electron chi connectivity index (χ4n) is 4.07. The van der Waals surface area contributed by atoms with Crippen molar-refractivity contribution in [3.63, 3.8) is 0 Å². The molecule has 0 radical (unpaired) electrons. The van der Waals surface area contributed by atoms with Gasteiger partial charge in [-0.05, 0) is 19.1 Å². The van der Waals surface area contributed by atoms with Crippen molar-refractivity contribution in [2.75, 3.05) is 46.5 Å². The highest BCUT2D eigenvalue weighted by atomic mass is 16.7. The number of hydrogen-bond donors (Lipinski definition) is 8. The molecule has 0 unspecified atom stereocenters. The number of methoxy groups -OCH3 is 2. The zero-order valence-electron chi connectivity index (χ0n) is 24.3. The average Bonchev–Trinajstić information content (AvgIpc) is 3.01. The normalized spacial score (nSPS) is 21.6. The minimum atomic E-state index is -1.80. The molecule has 17 nitrogen and oxygen atoms in total. The molecule has 0 aliphatic carbocycles. The Morgan fingerprint density at radius 1 is 1.00 bits per heavy atom. The lowest BCUT2D eigenvalue weighted by atomic mass is 9.99. The number of aliphatic hydroxyl groups is 3. The predicted octanol–water partition coefficient (Wildman–Crippen LogP) is -0.547. The summed E-state index contributed by atoms with van der Waals surface area (Å²) in [5.74, 6) is -2.78. The number of carbonyl (C=O) groups excluding carboxylic acids is 1. The first-order valence-corrected chi connectivity index (χ1v) is 13.2. The van der Waals surface area contributed by atoms with Gasteiger partial charge in [-0.2, -0.15) is 0 Å². The smallest absolute Gasteiger partial charge is 0.338 e. The number of benzene rings is 2. The second kappa shape index (κ2) is 15.1. The van der Waals surface area contributed by atoms with Gasteiger partial charge in [0.15, 0.2) is 35.7 Å². The first-order chi connectivity index (χ1) is 20.9. The van der Waals surface area contributed by atoms with E-state index in [4.69, 9.17) is 34.2 Å². The number of aromatic hydroxyl groups is 1. The van der Waals surface area contributed by atoms with Crippen molar-refractivity contribution in [2.45, 2.75) is 37.6 Å². The number of nitrogens with zero attached hydrogens (tertiary/aromatic N) is 1. The Kier molecular flexibility index (Phi) is 11.6. The lowest BCUT2D eigenvalue weighted by Gasteiger charge is -2.40. The highest BCUT2D eigenvalue weighted by molar-refractivity contribution is 5.95. The van der Waals surface area contributed by atoms with E-state index < -0.39 is 49.3 Å². The van der Waals surface area contributed by atoms with Crippen molar-refractivity contribution >= 4 is 23.6 Å². The van der Waals surface area contributed by atoms with Crippen molar-refractivity contribution in [2.24, 2.45) is 10.7 Å². The molecule has 0 bridgehead atoms. The van der Waals surface area contributed by atoms with Gasteiger partial charge in [-0.25, -0.2) is 9.59 Å². The highest BCUT2D eigenvalue weighted by Crippen LogP contribution is 2.38. The molecule has 0 amide bonds. The number of carbonyl (C=O) groups is 2. The molecule has 2 aromatic rings. The summed E-state index contributed by atoms with van der Waals surface area (Å²) in [6.45, 7) is 1.25. The van der Waals surface area contributed by atoms with Gasteiger partial charge in [0.25, 0.3) is 0 Å². The number of carboxylic acids is 1. The molecular weight excluding hydrogens is 588 g/mol. The molecule has 0 spiro atoms. The minimum absolute atomic E-state index is 0.0416. The zero-order chi connectivity index (χ0) is 32.6. The highest BCUT2D eigenvalue weighted by Gasteiger charge is 2.46. The molecule has 1 fully saturated rings. The van der Waals surface area contributed by atoms with Crippen LogP contribution in [0.4, 0.5) is 5.69 Å². The van der Waals surface area contributed by atoms with Gasteiger partial charge < -0.3 is 70.3 Å². The predicted molar refractivity (Wildman–Crippen MR) is 153 cm³/mol. The number of anilines is 1. The summed E-state index contributed by atoms with van der Waals surface area (Å²) in [5, 5.41) is 57.1. The number of nitrogens with two attached hydrogens (primary N) is 1. The van der Waals surface area contributed by atoms with Crippen LogP contribution in [0.15, 0.2) is 29.3 Å². The molecule has 17 heteroatoms. The van der Waals surface area contributed by atoms with E-state index in [1.54, 1.807) is 6.92 Å². The molecule has 3 rings (SSSR count). The summed E-state index contributed by atoms with van der Waals surface area (Å²) in [4.78, 5) is 28.4. The van der Waals surface area contributed by atoms with Crippen molar-refractivity contribution in [1.29, 1.82) is 0 Å². The number of phenolic OH excluding ortho intramolecular Hbond substituents is 1. The van der Waals surface area contributed by atoms with Crippen LogP contribution in [0.25, 0.3) is 0 Å². The van der Waals surface area contributed by atoms with E-state index >= 15 is 0 Å². The number of carboxylic acid groups (broad SMARTS) is 1. The average molecular weight is 625 g/mol. The SMILES string of the molecule is CCNc1cc(O[C@H]2O[C@H](COC(=O)c3cc(OC)c(O)c(OC)c3)[C@@H](O)[C@H](O)[C@H]2O)c(OCNC(N)=NC)cc1C(=O)O. The van der Waals surface area contributed by atoms with Crippen LogP contribution in [-0.4, -0.2) is 115 Å². The van der Waals surface area contributed by atoms with Crippen LogP contribution in [0.1, 0.15) is 27.6 Å². The number of aromatic carboxylic acids is 1. The third-order valence-corrected chi connectivity index (χ3v) is 6.41. The van der Waals surface area contributed by atoms with E-state index in [9.17, 15) is 35.1 Å². The summed E-state index contributed by atoms with van der Waals surface area (Å²) in [5.41, 5.74) is 5.55. The Hall–Kier alpha value is -4.71. The summed E-state index contributed by atoms with van der Waals surface area (Å²) >= 11 is 0. The molecule has 5 atom stereocenters. The molecule has 9 N–H and O–H groups in total. The Morgan fingerprint density at radius 3 is 2.23 bits per heavy atom. The van der Waals surface area contributed by atoms with Crippen molar-refractivity contribution in [3.05, 3.63) is 35.4 Å². The fraction of sp³-hybridized carbons (Fsp3) is 0.444. The maximum Gasteiger partial charge on any atom is 0.338 e. The topological polar surface area (TPSA) is 253 Å². The zero-order valence-corrected chi connectivity index (χ0v) is 24.3. The maximum absolute atomic E-state index is 12.8. The van der Waals surface area contributed by atoms with Gasteiger partial charge in [-0.1, -0.05) is 0 Å². The molecule has 1 aliphatic rings. The lowest BCUT2D eigenvalue weighted by molar-refractivity contribution is -0.277. The fourth-order valence-corrected chi connectivity index (χ4v) is 4.07. The van der Waals surface area contributed by atoms with Crippen LogP contribution in [0, 0.1) is 0 Å². The quantitative estimate of drug-likeness (QED) is 0.0602. The van der Waals surface area contributed by atoms with Gasteiger partial charge in [-0.3, -0.25) is 4.99 Å². The van der Waals surface area contributed by atoms with E-state index in [1.807, 2.05) is 0 Å². The van der Waals surface area contributed by atoms with E-state index in [0.717, 1.165) is 0 Å². The Morgan fingerprint density at radius 2 is 1.66 bits per heavy atom. The lowest BCUT2D eigenvalue weighted by Crippen LogP contribution is -2.60. The van der Waals surface area contributed by atoms with Crippen LogP contribution < -0.4 is 35.3 Å². The van der Waals surface area contributed by atoms with Crippen LogP contribution in [0.5, 0.6) is 28.7 Å². The Bertz CT molecular complexity index is 1330. The molecule has 1 aliphatic heterocycles. The molecule has 2 aromatic carbocycles. The molecule has 1 saturated heterocycles. The number of esters is 1. The van der Waals surface area contributed by atoms with Crippen molar-refractivity contribution in [1.82, 2.24) is 5.32 Å². The largest absolute Gasteiger partial charge is 0.502 e. The van der Waals surface area contributed by atoms with Crippen LogP contribution in [0.3, 0.4) is 0 Å². The number of guanidine groups is 1. The minimum Gasteiger partial charge on any atom is -0.502 e. The van der Waals surface area contributed by atoms with E-state index in [-0.39, 0.29) is 58.3 Å². The van der Waals surface area contributed by atoms with E-state index in [2.05, 4.69) is 15.6 Å². The number of nitrogens with one attached hydrogen (secondary N) is 2. The summed E-state index contributed by atoms with van der Waals surface area (Å²) < 4.78 is 32.5. The number of ether oxygens (including phenoxy) is 6. The van der Waals surface area contributed by atoms with Crippen molar-refractivity contribution < 1.29 is 63.5 Å². The van der Waals surface area contributed by atoms with E-state index in [1.165, 1.54) is 45.5 Å². The molecule has 242 valence electrons. The number of aliphatic hydroxyl groups excluding tert-OH is 3. The molecule has 44 heavy (non-hydrogen) atoms. The van der Waals surface area contributed by atoms with E-state index in [0.29, 0.717) is 6.54 Å². The van der Waals surface area contributed by atoms with Gasteiger partial charge in [0.1, 0.15) is 31.0 Å².